The standard InChI is InChI=1S/C16H20N2/c1-2-6-14-10-12-18-16(13-14)9-5-8-15-7-3-4-11-17-15/h3-4,7,10-13H,2,5-6,8-9H2,1H3. The molecule has 2 aromatic rings. The molecule has 0 bridgehead atoms. The van der Waals surface area contributed by atoms with E-state index in [1.54, 1.807) is 0 Å². The highest BCUT2D eigenvalue weighted by atomic mass is 14.7. The predicted octanol–water partition coefficient (Wildman–Crippen LogP) is 3.60. The first-order chi connectivity index (χ1) is 8.88. The fourth-order valence-electron chi connectivity index (χ4n) is 2.11. The SMILES string of the molecule is CCCc1ccnc(CCCc2ccccn2)c1. The third kappa shape index (κ3) is 3.95. The van der Waals surface area contributed by atoms with Gasteiger partial charge in [-0.1, -0.05) is 19.4 Å². The van der Waals surface area contributed by atoms with Gasteiger partial charge in [0.05, 0.1) is 0 Å². The maximum atomic E-state index is 4.43. The smallest absolute Gasteiger partial charge is 0.0406 e. The van der Waals surface area contributed by atoms with Gasteiger partial charge in [0.1, 0.15) is 0 Å². The molecule has 94 valence electrons. The van der Waals surface area contributed by atoms with Crippen molar-refractivity contribution in [2.45, 2.75) is 39.0 Å². The summed E-state index contributed by atoms with van der Waals surface area (Å²) >= 11 is 0. The summed E-state index contributed by atoms with van der Waals surface area (Å²) in [4.78, 5) is 8.77. The molecule has 0 aromatic carbocycles. The number of hydrogen-bond donors (Lipinski definition) is 0. The van der Waals surface area contributed by atoms with E-state index in [1.165, 1.54) is 23.4 Å². The molecule has 18 heavy (non-hydrogen) atoms. The van der Waals surface area contributed by atoms with E-state index in [2.05, 4.69) is 35.1 Å². The van der Waals surface area contributed by atoms with Crippen LogP contribution in [-0.2, 0) is 19.3 Å². The van der Waals surface area contributed by atoms with Crippen LogP contribution >= 0.6 is 0 Å². The molecule has 0 saturated heterocycles. The van der Waals surface area contributed by atoms with Crippen molar-refractivity contribution in [1.29, 1.82) is 0 Å². The van der Waals surface area contributed by atoms with Gasteiger partial charge in [-0.15, -0.1) is 0 Å². The fourth-order valence-corrected chi connectivity index (χ4v) is 2.11. The molecule has 0 atom stereocenters. The minimum absolute atomic E-state index is 1.03. The number of aryl methyl sites for hydroxylation is 3. The second kappa shape index (κ2) is 6.90. The van der Waals surface area contributed by atoms with Crippen LogP contribution in [0.3, 0.4) is 0 Å². The van der Waals surface area contributed by atoms with Crippen molar-refractivity contribution in [2.24, 2.45) is 0 Å². The highest BCUT2D eigenvalue weighted by Gasteiger charge is 1.99. The van der Waals surface area contributed by atoms with Gasteiger partial charge in [-0.3, -0.25) is 9.97 Å². The molecule has 0 N–H and O–H groups in total. The molecule has 2 nitrogen and oxygen atoms in total. The number of aromatic nitrogens is 2. The Balaban J connectivity index is 1.84. The molecule has 0 aliphatic heterocycles. The lowest BCUT2D eigenvalue weighted by Gasteiger charge is -2.03. The molecule has 0 aliphatic rings. The van der Waals surface area contributed by atoms with E-state index in [9.17, 15) is 0 Å². The van der Waals surface area contributed by atoms with Crippen LogP contribution in [0.4, 0.5) is 0 Å². The van der Waals surface area contributed by atoms with Crippen molar-refractivity contribution < 1.29 is 0 Å². The van der Waals surface area contributed by atoms with Crippen molar-refractivity contribution >= 4 is 0 Å². The summed E-state index contributed by atoms with van der Waals surface area (Å²) in [5, 5.41) is 0. The quantitative estimate of drug-likeness (QED) is 0.771. The second-order valence-electron chi connectivity index (χ2n) is 4.58. The van der Waals surface area contributed by atoms with Gasteiger partial charge in [-0.05, 0) is 55.5 Å². The summed E-state index contributed by atoms with van der Waals surface area (Å²) in [6, 6.07) is 10.4. The number of hydrogen-bond acceptors (Lipinski definition) is 2. The van der Waals surface area contributed by atoms with Crippen LogP contribution in [0.15, 0.2) is 42.7 Å². The highest BCUT2D eigenvalue weighted by Crippen LogP contribution is 2.08. The van der Waals surface area contributed by atoms with Gasteiger partial charge in [-0.2, -0.15) is 0 Å². The first kappa shape index (κ1) is 12.7. The minimum atomic E-state index is 1.03. The summed E-state index contributed by atoms with van der Waals surface area (Å²) in [5.41, 5.74) is 3.78. The molecule has 0 aliphatic carbocycles. The van der Waals surface area contributed by atoms with Gasteiger partial charge in [0.15, 0.2) is 0 Å². The van der Waals surface area contributed by atoms with Crippen LogP contribution in [0.2, 0.25) is 0 Å². The van der Waals surface area contributed by atoms with Gasteiger partial charge < -0.3 is 0 Å². The van der Waals surface area contributed by atoms with E-state index in [4.69, 9.17) is 0 Å². The van der Waals surface area contributed by atoms with E-state index < -0.39 is 0 Å². The Morgan fingerprint density at radius 1 is 0.889 bits per heavy atom. The summed E-state index contributed by atoms with van der Waals surface area (Å²) in [5.74, 6) is 0. The first-order valence-corrected chi connectivity index (χ1v) is 6.72. The van der Waals surface area contributed by atoms with E-state index in [1.807, 2.05) is 24.5 Å². The number of rotatable bonds is 6. The van der Waals surface area contributed by atoms with Crippen LogP contribution in [-0.4, -0.2) is 9.97 Å². The number of pyridine rings is 2. The Morgan fingerprint density at radius 3 is 2.50 bits per heavy atom. The Morgan fingerprint density at radius 2 is 1.72 bits per heavy atom. The molecular weight excluding hydrogens is 220 g/mol. The molecular formula is C16H20N2. The van der Waals surface area contributed by atoms with E-state index in [0.29, 0.717) is 0 Å². The first-order valence-electron chi connectivity index (χ1n) is 6.72. The maximum absolute atomic E-state index is 4.43. The monoisotopic (exact) mass is 240 g/mol. The van der Waals surface area contributed by atoms with Gasteiger partial charge in [0.2, 0.25) is 0 Å². The maximum Gasteiger partial charge on any atom is 0.0406 e. The molecule has 0 saturated carbocycles. The summed E-state index contributed by atoms with van der Waals surface area (Å²) in [7, 11) is 0. The zero-order chi connectivity index (χ0) is 12.6. The molecule has 0 unspecified atom stereocenters. The highest BCUT2D eigenvalue weighted by molar-refractivity contribution is 5.16. The average Bonchev–Trinajstić information content (AvgIpc) is 2.41. The third-order valence-corrected chi connectivity index (χ3v) is 3.01. The molecule has 0 spiro atoms. The van der Waals surface area contributed by atoms with Crippen molar-refractivity contribution in [1.82, 2.24) is 9.97 Å². The minimum Gasteiger partial charge on any atom is -0.261 e. The molecule has 2 heteroatoms. The van der Waals surface area contributed by atoms with Gasteiger partial charge >= 0.3 is 0 Å². The Kier molecular flexibility index (Phi) is 4.88. The summed E-state index contributed by atoms with van der Waals surface area (Å²) in [6.45, 7) is 2.21. The molecule has 2 heterocycles. The lowest BCUT2D eigenvalue weighted by atomic mass is 10.1. The summed E-state index contributed by atoms with van der Waals surface area (Å²) < 4.78 is 0. The second-order valence-corrected chi connectivity index (χ2v) is 4.58. The average molecular weight is 240 g/mol. The van der Waals surface area contributed by atoms with E-state index in [-0.39, 0.29) is 0 Å². The Bertz CT molecular complexity index is 466. The normalized spacial score (nSPS) is 10.5. The zero-order valence-electron chi connectivity index (χ0n) is 11.0. The molecule has 0 fully saturated rings. The predicted molar refractivity (Wildman–Crippen MR) is 74.5 cm³/mol. The fraction of sp³-hybridized carbons (Fsp3) is 0.375. The molecule has 0 amide bonds. The Labute approximate surface area is 109 Å². The van der Waals surface area contributed by atoms with E-state index >= 15 is 0 Å². The van der Waals surface area contributed by atoms with Gasteiger partial charge in [-0.25, -0.2) is 0 Å². The van der Waals surface area contributed by atoms with Crippen molar-refractivity contribution in [3.63, 3.8) is 0 Å². The third-order valence-electron chi connectivity index (χ3n) is 3.01. The van der Waals surface area contributed by atoms with Crippen LogP contribution in [0, 0.1) is 0 Å². The lowest BCUT2D eigenvalue weighted by Crippen LogP contribution is -1.96. The van der Waals surface area contributed by atoms with Crippen molar-refractivity contribution in [3.8, 4) is 0 Å². The Hall–Kier alpha value is -1.70. The van der Waals surface area contributed by atoms with Crippen molar-refractivity contribution in [2.75, 3.05) is 0 Å². The van der Waals surface area contributed by atoms with Crippen LogP contribution in [0.5, 0.6) is 0 Å². The van der Waals surface area contributed by atoms with Gasteiger partial charge in [0.25, 0.3) is 0 Å². The summed E-state index contributed by atoms with van der Waals surface area (Å²) in [6.07, 6.45) is 9.30. The molecule has 2 rings (SSSR count). The largest absolute Gasteiger partial charge is 0.261 e. The van der Waals surface area contributed by atoms with Crippen LogP contribution in [0.25, 0.3) is 0 Å². The molecule has 0 radical (unpaired) electrons. The zero-order valence-corrected chi connectivity index (χ0v) is 11.0. The lowest BCUT2D eigenvalue weighted by molar-refractivity contribution is 0.777. The van der Waals surface area contributed by atoms with Crippen LogP contribution < -0.4 is 0 Å². The van der Waals surface area contributed by atoms with E-state index in [0.717, 1.165) is 25.7 Å². The van der Waals surface area contributed by atoms with Crippen molar-refractivity contribution in [3.05, 3.63) is 59.7 Å². The molecule has 2 aromatic heterocycles. The van der Waals surface area contributed by atoms with Crippen LogP contribution in [0.1, 0.15) is 36.7 Å². The topological polar surface area (TPSA) is 25.8 Å². The van der Waals surface area contributed by atoms with Gasteiger partial charge in [0, 0.05) is 23.8 Å². The number of nitrogens with zero attached hydrogens (tertiary/aromatic N) is 2.